The molecule has 1 fully saturated rings. The molecule has 1 saturated carbocycles. The molecule has 112 valence electrons. The summed E-state index contributed by atoms with van der Waals surface area (Å²) in [5.41, 5.74) is 5.67. The minimum Gasteiger partial charge on any atom is -0.374 e. The maximum atomic E-state index is 11.0. The van der Waals surface area contributed by atoms with Crippen LogP contribution in [-0.2, 0) is 4.79 Å². The Hall–Kier alpha value is -1.61. The van der Waals surface area contributed by atoms with Crippen molar-refractivity contribution in [3.05, 3.63) is 10.0 Å². The van der Waals surface area contributed by atoms with Gasteiger partial charge in [-0.15, -0.1) is 20.4 Å². The number of carbonyl (C=O) groups excluding carboxylic acids is 1. The Morgan fingerprint density at radius 3 is 2.43 bits per heavy atom. The largest absolute Gasteiger partial charge is 0.374 e. The molecule has 2 unspecified atom stereocenters. The normalized spacial score (nSPS) is 22.1. The van der Waals surface area contributed by atoms with E-state index in [1.54, 1.807) is 0 Å². The molecule has 1 amide bonds. The number of nitrogens with two attached hydrogens (primary N) is 1. The first-order chi connectivity index (χ1) is 10.1. The predicted octanol–water partition coefficient (Wildman–Crippen LogP) is 2.37. The molecule has 1 aliphatic carbocycles. The van der Waals surface area contributed by atoms with Crippen molar-refractivity contribution in [2.24, 2.45) is 0 Å². The summed E-state index contributed by atoms with van der Waals surface area (Å²) in [7, 11) is 0. The summed E-state index contributed by atoms with van der Waals surface area (Å²) in [5.74, 6) is 0.643. The fourth-order valence-electron chi connectivity index (χ4n) is 2.65. The van der Waals surface area contributed by atoms with Gasteiger partial charge in [0, 0.05) is 18.8 Å². The van der Waals surface area contributed by atoms with E-state index in [2.05, 4.69) is 25.7 Å². The monoisotopic (exact) mass is 324 g/mol. The maximum absolute atomic E-state index is 11.0. The average Bonchev–Trinajstić information content (AvgIpc) is 3.07. The lowest BCUT2D eigenvalue weighted by atomic mass is 9.82. The van der Waals surface area contributed by atoms with Crippen molar-refractivity contribution in [2.45, 2.75) is 44.4 Å². The van der Waals surface area contributed by atoms with Gasteiger partial charge in [-0.05, 0) is 19.3 Å². The van der Waals surface area contributed by atoms with Gasteiger partial charge in [0.05, 0.1) is 0 Å². The summed E-state index contributed by atoms with van der Waals surface area (Å²) in [5, 5.41) is 22.1. The van der Waals surface area contributed by atoms with E-state index in [1.807, 2.05) is 0 Å². The Labute approximate surface area is 130 Å². The fraction of sp³-hybridized carbons (Fsp3) is 0.583. The van der Waals surface area contributed by atoms with Gasteiger partial charge in [0.2, 0.25) is 16.2 Å². The van der Waals surface area contributed by atoms with Crippen molar-refractivity contribution < 1.29 is 4.79 Å². The molecule has 21 heavy (non-hydrogen) atoms. The van der Waals surface area contributed by atoms with E-state index in [-0.39, 0.29) is 5.91 Å². The third-order valence-electron chi connectivity index (χ3n) is 3.55. The quantitative estimate of drug-likeness (QED) is 0.897. The Morgan fingerprint density at radius 2 is 1.81 bits per heavy atom. The molecule has 3 N–H and O–H groups in total. The molecule has 7 nitrogen and oxygen atoms in total. The number of hydrogen-bond acceptors (Lipinski definition) is 8. The van der Waals surface area contributed by atoms with E-state index in [9.17, 15) is 4.79 Å². The van der Waals surface area contributed by atoms with Crippen LogP contribution in [-0.4, -0.2) is 26.3 Å². The van der Waals surface area contributed by atoms with Crippen LogP contribution in [0.25, 0.3) is 0 Å². The van der Waals surface area contributed by atoms with Gasteiger partial charge in [-0.1, -0.05) is 29.1 Å². The second-order valence-electron chi connectivity index (χ2n) is 5.17. The number of aromatic nitrogens is 4. The van der Waals surface area contributed by atoms with Crippen LogP contribution in [0.15, 0.2) is 0 Å². The van der Waals surface area contributed by atoms with Crippen LogP contribution in [0.3, 0.4) is 0 Å². The second kappa shape index (κ2) is 6.02. The number of nitrogen functional groups attached to an aromatic ring is 1. The third-order valence-corrected chi connectivity index (χ3v) is 5.47. The highest BCUT2D eigenvalue weighted by Crippen LogP contribution is 2.43. The molecule has 2 atom stereocenters. The van der Waals surface area contributed by atoms with Gasteiger partial charge in [-0.3, -0.25) is 4.79 Å². The Morgan fingerprint density at radius 1 is 1.14 bits per heavy atom. The topological polar surface area (TPSA) is 107 Å². The van der Waals surface area contributed by atoms with E-state index in [0.717, 1.165) is 35.7 Å². The molecule has 0 saturated heterocycles. The average molecular weight is 324 g/mol. The third kappa shape index (κ3) is 3.35. The van der Waals surface area contributed by atoms with E-state index >= 15 is 0 Å². The molecular weight excluding hydrogens is 308 g/mol. The molecule has 0 spiro atoms. The highest BCUT2D eigenvalue weighted by Gasteiger charge is 2.29. The van der Waals surface area contributed by atoms with Gasteiger partial charge < -0.3 is 11.1 Å². The van der Waals surface area contributed by atoms with Crippen LogP contribution in [0.1, 0.15) is 54.5 Å². The van der Waals surface area contributed by atoms with Crippen LogP contribution >= 0.6 is 22.7 Å². The molecule has 2 aromatic heterocycles. The summed E-state index contributed by atoms with van der Waals surface area (Å²) < 4.78 is 0. The SMILES string of the molecule is CC(=O)Nc1nnc(C2CCCC(c3nnc(N)s3)C2)s1. The molecule has 3 rings (SSSR count). The lowest BCUT2D eigenvalue weighted by molar-refractivity contribution is -0.114. The summed E-state index contributed by atoms with van der Waals surface area (Å²) >= 11 is 2.93. The first-order valence-electron chi connectivity index (χ1n) is 6.81. The maximum Gasteiger partial charge on any atom is 0.223 e. The number of anilines is 2. The van der Waals surface area contributed by atoms with Crippen molar-refractivity contribution in [1.29, 1.82) is 0 Å². The summed E-state index contributed by atoms with van der Waals surface area (Å²) in [6, 6.07) is 0. The van der Waals surface area contributed by atoms with Crippen molar-refractivity contribution in [1.82, 2.24) is 20.4 Å². The minimum absolute atomic E-state index is 0.122. The number of carbonyl (C=O) groups is 1. The number of nitrogens with one attached hydrogen (secondary N) is 1. The Kier molecular flexibility index (Phi) is 4.11. The molecular formula is C12H16N6OS2. The molecule has 0 aromatic carbocycles. The van der Waals surface area contributed by atoms with E-state index < -0.39 is 0 Å². The number of nitrogens with zero attached hydrogens (tertiary/aromatic N) is 4. The zero-order chi connectivity index (χ0) is 14.8. The lowest BCUT2D eigenvalue weighted by Crippen LogP contribution is -2.12. The standard InChI is InChI=1S/C12H16N6OS2/c1-6(19)14-12-18-16-10(21-12)8-4-2-3-7(5-8)9-15-17-11(13)20-9/h7-8H,2-5H2,1H3,(H2,13,17)(H,14,18,19). The van der Waals surface area contributed by atoms with Crippen LogP contribution in [0, 0.1) is 0 Å². The van der Waals surface area contributed by atoms with Crippen LogP contribution in [0.5, 0.6) is 0 Å². The first-order valence-corrected chi connectivity index (χ1v) is 8.45. The van der Waals surface area contributed by atoms with Crippen molar-refractivity contribution >= 4 is 38.8 Å². The van der Waals surface area contributed by atoms with Crippen molar-refractivity contribution in [3.8, 4) is 0 Å². The molecule has 0 bridgehead atoms. The smallest absolute Gasteiger partial charge is 0.223 e. The highest BCUT2D eigenvalue weighted by atomic mass is 32.1. The summed E-state index contributed by atoms with van der Waals surface area (Å²) in [4.78, 5) is 11.0. The van der Waals surface area contributed by atoms with E-state index in [0.29, 0.717) is 22.1 Å². The van der Waals surface area contributed by atoms with Crippen LogP contribution < -0.4 is 11.1 Å². The van der Waals surface area contributed by atoms with E-state index in [4.69, 9.17) is 5.73 Å². The van der Waals surface area contributed by atoms with Crippen LogP contribution in [0.2, 0.25) is 0 Å². The molecule has 0 aliphatic heterocycles. The first kappa shape index (κ1) is 14.3. The van der Waals surface area contributed by atoms with Gasteiger partial charge in [-0.25, -0.2) is 0 Å². The van der Waals surface area contributed by atoms with Gasteiger partial charge in [0.1, 0.15) is 10.0 Å². The van der Waals surface area contributed by atoms with Crippen LogP contribution in [0.4, 0.5) is 10.3 Å². The summed E-state index contributed by atoms with van der Waals surface area (Å²) in [6.07, 6.45) is 4.33. The Balaban J connectivity index is 1.71. The van der Waals surface area contributed by atoms with Crippen molar-refractivity contribution in [2.75, 3.05) is 11.1 Å². The zero-order valence-corrected chi connectivity index (χ0v) is 13.2. The second-order valence-corrected chi connectivity index (χ2v) is 7.22. The van der Waals surface area contributed by atoms with Gasteiger partial charge in [0.25, 0.3) is 0 Å². The van der Waals surface area contributed by atoms with E-state index in [1.165, 1.54) is 29.6 Å². The number of amides is 1. The number of rotatable bonds is 3. The van der Waals surface area contributed by atoms with Gasteiger partial charge in [-0.2, -0.15) is 0 Å². The minimum atomic E-state index is -0.122. The van der Waals surface area contributed by atoms with Gasteiger partial charge in [0.15, 0.2) is 0 Å². The molecule has 2 heterocycles. The fourth-order valence-corrected chi connectivity index (χ4v) is 4.35. The van der Waals surface area contributed by atoms with Gasteiger partial charge >= 0.3 is 0 Å². The molecule has 9 heteroatoms. The predicted molar refractivity (Wildman–Crippen MR) is 82.5 cm³/mol. The number of hydrogen-bond donors (Lipinski definition) is 2. The highest BCUT2D eigenvalue weighted by molar-refractivity contribution is 7.15. The molecule has 0 radical (unpaired) electrons. The molecule has 1 aliphatic rings. The summed E-state index contributed by atoms with van der Waals surface area (Å²) in [6.45, 7) is 1.47. The molecule has 2 aromatic rings. The lowest BCUT2D eigenvalue weighted by Gasteiger charge is -2.25. The Bertz CT molecular complexity index is 639. The zero-order valence-electron chi connectivity index (χ0n) is 11.6. The van der Waals surface area contributed by atoms with Crippen molar-refractivity contribution in [3.63, 3.8) is 0 Å².